The maximum absolute atomic E-state index is 13.8. The largest absolute Gasteiger partial charge is 0.207 e. The van der Waals surface area contributed by atoms with E-state index in [-0.39, 0.29) is 17.6 Å². The van der Waals surface area contributed by atoms with Gasteiger partial charge in [-0.2, -0.15) is 0 Å². The van der Waals surface area contributed by atoms with Crippen LogP contribution in [0.1, 0.15) is 33.7 Å². The molecule has 0 fully saturated rings. The van der Waals surface area contributed by atoms with Gasteiger partial charge in [0.2, 0.25) is 0 Å². The Morgan fingerprint density at radius 2 is 0.829 bits per heavy atom. The first-order valence-electron chi connectivity index (χ1n) is 13.3. The Morgan fingerprint density at radius 1 is 0.463 bits per heavy atom. The van der Waals surface area contributed by atoms with Crippen molar-refractivity contribution in [2.45, 2.75) is 5.92 Å². The van der Waals surface area contributed by atoms with E-state index in [0.29, 0.717) is 0 Å². The van der Waals surface area contributed by atoms with Crippen molar-refractivity contribution >= 4 is 11.1 Å². The van der Waals surface area contributed by atoms with Crippen molar-refractivity contribution in [3.05, 3.63) is 191 Å². The van der Waals surface area contributed by atoms with Crippen LogP contribution in [0.4, 0.5) is 8.78 Å². The molecule has 0 saturated carbocycles. The molecule has 0 aromatic heterocycles. The van der Waals surface area contributed by atoms with Crippen molar-refractivity contribution in [2.24, 2.45) is 0 Å². The third-order valence-corrected chi connectivity index (χ3v) is 6.42. The van der Waals surface area contributed by atoms with Crippen molar-refractivity contribution in [1.29, 1.82) is 0 Å². The van der Waals surface area contributed by atoms with Crippen molar-refractivity contribution in [3.63, 3.8) is 0 Å². The van der Waals surface area contributed by atoms with Crippen LogP contribution in [0, 0.1) is 35.3 Å². The lowest BCUT2D eigenvalue weighted by Crippen LogP contribution is -1.96. The Morgan fingerprint density at radius 3 is 1.22 bits per heavy atom. The third-order valence-electron chi connectivity index (χ3n) is 6.42. The summed E-state index contributed by atoms with van der Waals surface area (Å²) in [6, 6.07) is 42.3. The monoisotopic (exact) mass is 532 g/mol. The molecule has 0 aliphatic heterocycles. The molecule has 0 atom stereocenters. The second-order valence-corrected chi connectivity index (χ2v) is 9.34. The Balaban J connectivity index is 1.68. The van der Waals surface area contributed by atoms with Gasteiger partial charge in [0.1, 0.15) is 11.6 Å². The van der Waals surface area contributed by atoms with E-state index in [2.05, 4.69) is 48.0 Å². The van der Waals surface area contributed by atoms with E-state index in [1.165, 1.54) is 24.3 Å². The standard InChI is InChI=1S/C39H26F2/c40-38-24-20-33(21-25-38)35(18-16-30-10-4-1-5-11-30)28-37(32-14-8-3-9-15-32)29-36(34-22-26-39(41)27-23-34)19-17-31-12-6-2-7-13-31/h1-15,20-29,37H/b35-28+,36-29+. The average molecular weight is 533 g/mol. The van der Waals surface area contributed by atoms with Gasteiger partial charge in [-0.25, -0.2) is 8.78 Å². The van der Waals surface area contributed by atoms with E-state index >= 15 is 0 Å². The van der Waals surface area contributed by atoms with Gasteiger partial charge < -0.3 is 0 Å². The summed E-state index contributed by atoms with van der Waals surface area (Å²) in [5.74, 6) is 12.3. The second kappa shape index (κ2) is 13.6. The van der Waals surface area contributed by atoms with Crippen LogP contribution in [0.2, 0.25) is 0 Å². The van der Waals surface area contributed by atoms with Crippen molar-refractivity contribution in [2.75, 3.05) is 0 Å². The zero-order chi connectivity index (χ0) is 28.3. The van der Waals surface area contributed by atoms with Gasteiger partial charge in [0.25, 0.3) is 0 Å². The summed E-state index contributed by atoms with van der Waals surface area (Å²) < 4.78 is 27.7. The summed E-state index contributed by atoms with van der Waals surface area (Å²) in [5.41, 5.74) is 5.93. The molecule has 0 unspecified atom stereocenters. The molecule has 0 aliphatic rings. The van der Waals surface area contributed by atoms with Gasteiger partial charge in [-0.3, -0.25) is 0 Å². The van der Waals surface area contributed by atoms with Crippen LogP contribution in [0.5, 0.6) is 0 Å². The molecule has 5 rings (SSSR count). The average Bonchev–Trinajstić information content (AvgIpc) is 3.03. The van der Waals surface area contributed by atoms with Crippen LogP contribution < -0.4 is 0 Å². The first-order chi connectivity index (χ1) is 20.1. The molecule has 0 radical (unpaired) electrons. The number of benzene rings is 5. The number of hydrogen-bond donors (Lipinski definition) is 0. The van der Waals surface area contributed by atoms with E-state index in [9.17, 15) is 8.78 Å². The molecule has 2 heteroatoms. The lowest BCUT2D eigenvalue weighted by atomic mass is 9.90. The summed E-state index contributed by atoms with van der Waals surface area (Å²) in [4.78, 5) is 0. The molecule has 0 bridgehead atoms. The summed E-state index contributed by atoms with van der Waals surface area (Å²) in [6.07, 6.45) is 4.15. The molecule has 0 spiro atoms. The van der Waals surface area contributed by atoms with Crippen molar-refractivity contribution in [1.82, 2.24) is 0 Å². The second-order valence-electron chi connectivity index (χ2n) is 9.34. The van der Waals surface area contributed by atoms with Crippen LogP contribution in [0.15, 0.2) is 152 Å². The zero-order valence-corrected chi connectivity index (χ0v) is 22.3. The van der Waals surface area contributed by atoms with Gasteiger partial charge in [0, 0.05) is 28.2 Å². The highest BCUT2D eigenvalue weighted by Crippen LogP contribution is 2.28. The Kier molecular flexibility index (Phi) is 8.98. The van der Waals surface area contributed by atoms with Gasteiger partial charge in [0.15, 0.2) is 0 Å². The molecule has 41 heavy (non-hydrogen) atoms. The molecule has 0 N–H and O–H groups in total. The van der Waals surface area contributed by atoms with Gasteiger partial charge in [-0.15, -0.1) is 0 Å². The molecule has 0 heterocycles. The quantitative estimate of drug-likeness (QED) is 0.198. The third kappa shape index (κ3) is 7.79. The number of hydrogen-bond acceptors (Lipinski definition) is 0. The van der Waals surface area contributed by atoms with Crippen LogP contribution in [-0.2, 0) is 0 Å². The Hall–Kier alpha value is -5.44. The lowest BCUT2D eigenvalue weighted by molar-refractivity contribution is 0.627. The zero-order valence-electron chi connectivity index (χ0n) is 22.3. The minimum atomic E-state index is -0.307. The molecule has 0 amide bonds. The molecular formula is C39H26F2. The number of rotatable bonds is 5. The van der Waals surface area contributed by atoms with Gasteiger partial charge in [-0.1, -0.05) is 127 Å². The molecule has 0 nitrogen and oxygen atoms in total. The maximum Gasteiger partial charge on any atom is 0.123 e. The van der Waals surface area contributed by atoms with E-state index in [4.69, 9.17) is 0 Å². The fraction of sp³-hybridized carbons (Fsp3) is 0.0256. The van der Waals surface area contributed by atoms with Gasteiger partial charge in [0.05, 0.1) is 0 Å². The normalized spacial score (nSPS) is 12.0. The molecule has 5 aromatic carbocycles. The predicted molar refractivity (Wildman–Crippen MR) is 165 cm³/mol. The summed E-state index contributed by atoms with van der Waals surface area (Å²) >= 11 is 0. The smallest absolute Gasteiger partial charge is 0.123 e. The summed E-state index contributed by atoms with van der Waals surface area (Å²) in [5, 5.41) is 0. The highest BCUT2D eigenvalue weighted by atomic mass is 19.1. The summed E-state index contributed by atoms with van der Waals surface area (Å²) in [7, 11) is 0. The lowest BCUT2D eigenvalue weighted by Gasteiger charge is -2.13. The number of halogens is 2. The SMILES string of the molecule is Fc1ccc(/C(C#Cc2ccccc2)=C/C(/C=C(\C#Cc2ccccc2)c2ccc(F)cc2)c2ccccc2)cc1. The topological polar surface area (TPSA) is 0 Å². The summed E-state index contributed by atoms with van der Waals surface area (Å²) in [6.45, 7) is 0. The van der Waals surface area contributed by atoms with E-state index in [1.807, 2.05) is 78.9 Å². The van der Waals surface area contributed by atoms with Crippen molar-refractivity contribution < 1.29 is 8.78 Å². The highest BCUT2D eigenvalue weighted by molar-refractivity contribution is 5.83. The molecule has 0 saturated heterocycles. The van der Waals surface area contributed by atoms with E-state index in [0.717, 1.165) is 39.0 Å². The van der Waals surface area contributed by atoms with Crippen LogP contribution in [-0.4, -0.2) is 0 Å². The Bertz CT molecular complexity index is 1640. The fourth-order valence-electron chi connectivity index (χ4n) is 4.28. The molecule has 5 aromatic rings. The van der Waals surface area contributed by atoms with E-state index in [1.54, 1.807) is 24.3 Å². The van der Waals surface area contributed by atoms with E-state index < -0.39 is 0 Å². The number of allylic oxidation sites excluding steroid dienone is 4. The predicted octanol–water partition coefficient (Wildman–Crippen LogP) is 9.32. The van der Waals surface area contributed by atoms with Crippen LogP contribution in [0.25, 0.3) is 11.1 Å². The van der Waals surface area contributed by atoms with Crippen molar-refractivity contribution in [3.8, 4) is 23.7 Å². The maximum atomic E-state index is 13.8. The first-order valence-corrected chi connectivity index (χ1v) is 13.3. The molecule has 0 aliphatic carbocycles. The van der Waals surface area contributed by atoms with Crippen LogP contribution in [0.3, 0.4) is 0 Å². The first kappa shape index (κ1) is 27.1. The van der Waals surface area contributed by atoms with Gasteiger partial charge in [-0.05, 0) is 65.2 Å². The Labute approximate surface area is 240 Å². The molecular weight excluding hydrogens is 506 g/mol. The fourth-order valence-corrected chi connectivity index (χ4v) is 4.28. The van der Waals surface area contributed by atoms with Gasteiger partial charge >= 0.3 is 0 Å². The highest BCUT2D eigenvalue weighted by Gasteiger charge is 2.11. The van der Waals surface area contributed by atoms with Crippen LogP contribution >= 0.6 is 0 Å². The minimum absolute atomic E-state index is 0.230. The minimum Gasteiger partial charge on any atom is -0.207 e. The molecule has 196 valence electrons.